The topological polar surface area (TPSA) is 54.2 Å². The van der Waals surface area contributed by atoms with Crippen LogP contribution in [0.1, 0.15) is 44.2 Å². The molecule has 1 aromatic heterocycles. The predicted molar refractivity (Wildman–Crippen MR) is 136 cm³/mol. The molecule has 1 atom stereocenters. The number of thioether (sulfide) groups is 1. The van der Waals surface area contributed by atoms with Crippen LogP contribution in [0, 0.1) is 0 Å². The van der Waals surface area contributed by atoms with Gasteiger partial charge in [0.1, 0.15) is 0 Å². The Morgan fingerprint density at radius 2 is 1.88 bits per heavy atom. The van der Waals surface area contributed by atoms with E-state index in [0.717, 1.165) is 46.9 Å². The fraction of sp³-hybridized carbons (Fsp3) is 0.292. The van der Waals surface area contributed by atoms with Crippen molar-refractivity contribution in [3.05, 3.63) is 70.7 Å². The Bertz CT molecular complexity index is 1130. The lowest BCUT2D eigenvalue weighted by Crippen LogP contribution is -2.46. The molecular formula is C24H25ClN4OS2. The molecule has 0 amide bonds. The van der Waals surface area contributed by atoms with Crippen molar-refractivity contribution in [2.24, 2.45) is 0 Å². The second-order valence-corrected chi connectivity index (χ2v) is 9.29. The first-order valence-electron chi connectivity index (χ1n) is 10.5. The Morgan fingerprint density at radius 1 is 1.16 bits per heavy atom. The number of benzene rings is 2. The van der Waals surface area contributed by atoms with Crippen LogP contribution in [0.2, 0.25) is 5.02 Å². The summed E-state index contributed by atoms with van der Waals surface area (Å²) in [6, 6.07) is 15.7. The Hall–Kier alpha value is -2.35. The summed E-state index contributed by atoms with van der Waals surface area (Å²) in [6.07, 6.45) is 4.20. The Morgan fingerprint density at radius 3 is 2.53 bits per heavy atom. The average molecular weight is 485 g/mol. The van der Waals surface area contributed by atoms with E-state index in [0.29, 0.717) is 16.7 Å². The Labute approximate surface area is 203 Å². The molecule has 3 aromatic rings. The molecule has 8 heteroatoms. The molecule has 1 unspecified atom stereocenters. The van der Waals surface area contributed by atoms with Crippen LogP contribution in [-0.2, 0) is 0 Å². The molecule has 5 nitrogen and oxygen atoms in total. The van der Waals surface area contributed by atoms with E-state index >= 15 is 0 Å². The zero-order valence-electron chi connectivity index (χ0n) is 18.3. The van der Waals surface area contributed by atoms with E-state index in [-0.39, 0.29) is 6.04 Å². The molecule has 166 valence electrons. The molecule has 1 N–H and O–H groups in total. The molecule has 0 saturated carbocycles. The molecule has 0 aliphatic carbocycles. The molecule has 4 rings (SSSR count). The maximum absolute atomic E-state index is 6.03. The number of unbranched alkanes of at least 4 members (excludes halogenated alkanes) is 1. The molecule has 0 spiro atoms. The van der Waals surface area contributed by atoms with Gasteiger partial charge in [-0.1, -0.05) is 42.2 Å². The highest BCUT2D eigenvalue weighted by Gasteiger charge is 2.33. The number of hydrogen-bond donors (Lipinski definition) is 1. The third kappa shape index (κ3) is 4.70. The molecule has 0 radical (unpaired) electrons. The van der Waals surface area contributed by atoms with Crippen molar-refractivity contribution in [2.45, 2.75) is 37.6 Å². The zero-order chi connectivity index (χ0) is 22.7. The van der Waals surface area contributed by atoms with E-state index < -0.39 is 0 Å². The van der Waals surface area contributed by atoms with Crippen LogP contribution in [0.4, 0.5) is 0 Å². The summed E-state index contributed by atoms with van der Waals surface area (Å²) in [5, 5.41) is 9.14. The normalized spacial score (nSPS) is 16.4. The van der Waals surface area contributed by atoms with Crippen molar-refractivity contribution in [3.63, 3.8) is 0 Å². The Balaban J connectivity index is 1.77. The number of rotatable bonds is 7. The van der Waals surface area contributed by atoms with Crippen LogP contribution in [-0.4, -0.2) is 33.0 Å². The largest absolute Gasteiger partial charge is 0.351 e. The number of halogens is 1. The lowest BCUT2D eigenvalue weighted by Gasteiger charge is -2.37. The highest BCUT2D eigenvalue weighted by atomic mass is 35.5. The lowest BCUT2D eigenvalue weighted by atomic mass is 9.94. The van der Waals surface area contributed by atoms with Crippen LogP contribution in [0.5, 0.6) is 0 Å². The fourth-order valence-corrected chi connectivity index (χ4v) is 4.62. The van der Waals surface area contributed by atoms with Gasteiger partial charge in [0.25, 0.3) is 5.89 Å². The summed E-state index contributed by atoms with van der Waals surface area (Å²) in [7, 11) is 0. The Kier molecular flexibility index (Phi) is 7.18. The average Bonchev–Trinajstić information content (AvgIpc) is 3.29. The number of thiocarbonyl (C=S) groups is 1. The minimum Gasteiger partial charge on any atom is -0.351 e. The van der Waals surface area contributed by atoms with Crippen molar-refractivity contribution >= 4 is 46.3 Å². The van der Waals surface area contributed by atoms with Gasteiger partial charge in [-0.15, -0.1) is 11.8 Å². The van der Waals surface area contributed by atoms with E-state index in [1.54, 1.807) is 11.8 Å². The van der Waals surface area contributed by atoms with Gasteiger partial charge in [-0.05, 0) is 73.8 Å². The van der Waals surface area contributed by atoms with Gasteiger partial charge in [-0.2, -0.15) is 4.98 Å². The summed E-state index contributed by atoms with van der Waals surface area (Å²) < 4.78 is 5.78. The van der Waals surface area contributed by atoms with Crippen LogP contribution < -0.4 is 5.32 Å². The van der Waals surface area contributed by atoms with Gasteiger partial charge in [0.15, 0.2) is 5.11 Å². The van der Waals surface area contributed by atoms with Crippen LogP contribution in [0.3, 0.4) is 0 Å². The molecule has 32 heavy (non-hydrogen) atoms. The summed E-state index contributed by atoms with van der Waals surface area (Å²) in [5.41, 5.74) is 3.93. The maximum Gasteiger partial charge on any atom is 0.258 e. The van der Waals surface area contributed by atoms with Crippen molar-refractivity contribution in [1.82, 2.24) is 20.4 Å². The molecule has 0 saturated heterocycles. The summed E-state index contributed by atoms with van der Waals surface area (Å²) in [4.78, 5) is 8.08. The van der Waals surface area contributed by atoms with Crippen molar-refractivity contribution < 1.29 is 4.52 Å². The molecule has 2 heterocycles. The van der Waals surface area contributed by atoms with Gasteiger partial charge >= 0.3 is 0 Å². The SMILES string of the molecule is CCCCN1C(=S)NC(c2ccc(SC)cc2)C(c2nc(-c3ccc(Cl)cc3)no2)=C1C. The second kappa shape index (κ2) is 10.1. The third-order valence-corrected chi connectivity index (χ3v) is 6.87. The smallest absolute Gasteiger partial charge is 0.258 e. The van der Waals surface area contributed by atoms with Crippen LogP contribution in [0.15, 0.2) is 63.6 Å². The molecule has 0 fully saturated rings. The van der Waals surface area contributed by atoms with E-state index in [9.17, 15) is 0 Å². The van der Waals surface area contributed by atoms with Gasteiger partial charge in [-0.3, -0.25) is 0 Å². The quantitative estimate of drug-likeness (QED) is 0.300. The summed E-state index contributed by atoms with van der Waals surface area (Å²) in [6.45, 7) is 5.09. The highest BCUT2D eigenvalue weighted by molar-refractivity contribution is 7.98. The first-order valence-corrected chi connectivity index (χ1v) is 12.6. The summed E-state index contributed by atoms with van der Waals surface area (Å²) in [5.74, 6) is 1.02. The number of allylic oxidation sites excluding steroid dienone is 1. The first kappa shape index (κ1) is 22.8. The molecule has 1 aliphatic rings. The molecular weight excluding hydrogens is 460 g/mol. The number of nitrogens with one attached hydrogen (secondary N) is 1. The van der Waals surface area contributed by atoms with Gasteiger partial charge in [-0.25, -0.2) is 0 Å². The van der Waals surface area contributed by atoms with E-state index in [1.807, 2.05) is 24.3 Å². The predicted octanol–water partition coefficient (Wildman–Crippen LogP) is 6.57. The minimum atomic E-state index is -0.171. The number of nitrogens with zero attached hydrogens (tertiary/aromatic N) is 3. The van der Waals surface area contributed by atoms with Crippen molar-refractivity contribution in [1.29, 1.82) is 0 Å². The van der Waals surface area contributed by atoms with Crippen molar-refractivity contribution in [3.8, 4) is 11.4 Å². The molecule has 1 aliphatic heterocycles. The van der Waals surface area contributed by atoms with Gasteiger partial charge in [0, 0.05) is 27.7 Å². The lowest BCUT2D eigenvalue weighted by molar-refractivity contribution is 0.395. The van der Waals surface area contributed by atoms with E-state index in [1.165, 1.54) is 4.90 Å². The monoisotopic (exact) mass is 484 g/mol. The van der Waals surface area contributed by atoms with E-state index in [2.05, 4.69) is 59.7 Å². The minimum absolute atomic E-state index is 0.171. The van der Waals surface area contributed by atoms with Crippen LogP contribution >= 0.6 is 35.6 Å². The van der Waals surface area contributed by atoms with Gasteiger partial charge < -0.3 is 14.7 Å². The maximum atomic E-state index is 6.03. The first-order chi connectivity index (χ1) is 15.5. The summed E-state index contributed by atoms with van der Waals surface area (Å²) >= 11 is 13.5. The molecule has 2 aromatic carbocycles. The third-order valence-electron chi connectivity index (χ3n) is 5.54. The van der Waals surface area contributed by atoms with Crippen molar-refractivity contribution in [2.75, 3.05) is 12.8 Å². The fourth-order valence-electron chi connectivity index (χ4n) is 3.74. The van der Waals surface area contributed by atoms with Gasteiger partial charge in [0.2, 0.25) is 5.82 Å². The van der Waals surface area contributed by atoms with Crippen LogP contribution in [0.25, 0.3) is 17.0 Å². The highest BCUT2D eigenvalue weighted by Crippen LogP contribution is 2.38. The molecule has 0 bridgehead atoms. The number of aromatic nitrogens is 2. The van der Waals surface area contributed by atoms with Gasteiger partial charge in [0.05, 0.1) is 11.6 Å². The number of hydrogen-bond acceptors (Lipinski definition) is 5. The van der Waals surface area contributed by atoms with E-state index in [4.69, 9.17) is 33.3 Å². The zero-order valence-corrected chi connectivity index (χ0v) is 20.7. The standard InChI is InChI=1S/C24H25ClN4OS2/c1-4-5-14-29-15(2)20(21(26-24(29)31)16-8-12-19(32-3)13-9-16)23-27-22(28-30-23)17-6-10-18(25)11-7-17/h6-13,21H,4-5,14H2,1-3H3,(H,26,31). The second-order valence-electron chi connectivity index (χ2n) is 7.59.